The molecule has 1 aromatic rings. The highest BCUT2D eigenvalue weighted by Gasteiger charge is 2.29. The van der Waals surface area contributed by atoms with Crippen molar-refractivity contribution in [2.24, 2.45) is 5.73 Å². The molecule has 1 aliphatic heterocycles. The molecule has 1 atom stereocenters. The van der Waals surface area contributed by atoms with Crippen molar-refractivity contribution in [1.29, 1.82) is 0 Å². The highest BCUT2D eigenvalue weighted by Crippen LogP contribution is 2.34. The summed E-state index contributed by atoms with van der Waals surface area (Å²) < 4.78 is 32.9. The zero-order valence-corrected chi connectivity index (χ0v) is 15.2. The first-order chi connectivity index (χ1) is 12.9. The Hall–Kier alpha value is -2.25. The van der Waals surface area contributed by atoms with Crippen LogP contribution in [0.1, 0.15) is 18.1 Å². The van der Waals surface area contributed by atoms with E-state index in [-0.39, 0.29) is 18.6 Å². The molecule has 3 rings (SSSR count). The van der Waals surface area contributed by atoms with E-state index in [2.05, 4.69) is 4.90 Å². The summed E-state index contributed by atoms with van der Waals surface area (Å²) in [6.45, 7) is 3.90. The molecular weight excluding hydrogens is 352 g/mol. The van der Waals surface area contributed by atoms with Gasteiger partial charge < -0.3 is 15.4 Å². The SMILES string of the molecule is NC(=O)N1CCN(CCOC(C2=CCC(F)(F)C=C2)c2ccccc2)CC1. The smallest absolute Gasteiger partial charge is 0.314 e. The first kappa shape index (κ1) is 19.5. The van der Waals surface area contributed by atoms with Crippen molar-refractivity contribution in [3.63, 3.8) is 0 Å². The van der Waals surface area contributed by atoms with Gasteiger partial charge in [0.1, 0.15) is 6.10 Å². The second-order valence-corrected chi connectivity index (χ2v) is 6.83. The monoisotopic (exact) mass is 377 g/mol. The molecule has 0 radical (unpaired) electrons. The van der Waals surface area contributed by atoms with Crippen LogP contribution in [0.4, 0.5) is 13.6 Å². The summed E-state index contributed by atoms with van der Waals surface area (Å²) in [6, 6.07) is 9.24. The van der Waals surface area contributed by atoms with Gasteiger partial charge in [0.25, 0.3) is 5.92 Å². The fraction of sp³-hybridized carbons (Fsp3) is 0.450. The van der Waals surface area contributed by atoms with Gasteiger partial charge in [-0.25, -0.2) is 13.6 Å². The topological polar surface area (TPSA) is 58.8 Å². The minimum Gasteiger partial charge on any atom is -0.367 e. The second-order valence-electron chi connectivity index (χ2n) is 6.83. The number of urea groups is 1. The van der Waals surface area contributed by atoms with Crippen LogP contribution in [0.15, 0.2) is 54.1 Å². The molecule has 0 bridgehead atoms. The molecule has 0 saturated carbocycles. The maximum absolute atomic E-state index is 13.4. The minimum absolute atomic E-state index is 0.305. The number of benzene rings is 1. The number of ether oxygens (including phenoxy) is 1. The Morgan fingerprint density at radius 1 is 1.19 bits per heavy atom. The normalized spacial score (nSPS) is 21.0. The average Bonchev–Trinajstić information content (AvgIpc) is 2.67. The van der Waals surface area contributed by atoms with Gasteiger partial charge in [0, 0.05) is 39.1 Å². The Balaban J connectivity index is 1.58. The van der Waals surface area contributed by atoms with Crippen molar-refractivity contribution in [1.82, 2.24) is 9.80 Å². The standard InChI is InChI=1S/C20H25F2N3O2/c21-20(22)8-6-17(7-9-20)18(16-4-2-1-3-5-16)27-15-14-24-10-12-25(13-11-24)19(23)26/h1-8,18H,9-15H2,(H2,23,26). The molecule has 1 aromatic carbocycles. The Kier molecular flexibility index (Phi) is 6.23. The lowest BCUT2D eigenvalue weighted by Gasteiger charge is -2.34. The third kappa shape index (κ3) is 5.37. The van der Waals surface area contributed by atoms with Crippen molar-refractivity contribution in [2.45, 2.75) is 18.4 Å². The number of rotatable bonds is 6. The average molecular weight is 377 g/mol. The summed E-state index contributed by atoms with van der Waals surface area (Å²) in [5.74, 6) is -2.79. The van der Waals surface area contributed by atoms with Crippen LogP contribution in [0.2, 0.25) is 0 Å². The predicted octanol–water partition coefficient (Wildman–Crippen LogP) is 2.96. The number of hydrogen-bond acceptors (Lipinski definition) is 3. The van der Waals surface area contributed by atoms with E-state index in [1.165, 1.54) is 6.08 Å². The van der Waals surface area contributed by atoms with E-state index in [4.69, 9.17) is 10.5 Å². The first-order valence-electron chi connectivity index (χ1n) is 9.15. The molecule has 1 fully saturated rings. The lowest BCUT2D eigenvalue weighted by molar-refractivity contribution is 0.0423. The molecule has 5 nitrogen and oxygen atoms in total. The van der Waals surface area contributed by atoms with Crippen molar-refractivity contribution >= 4 is 6.03 Å². The van der Waals surface area contributed by atoms with E-state index in [0.29, 0.717) is 26.2 Å². The zero-order chi connectivity index (χ0) is 19.3. The Morgan fingerprint density at radius 3 is 2.48 bits per heavy atom. The maximum atomic E-state index is 13.4. The summed E-state index contributed by atoms with van der Waals surface area (Å²) >= 11 is 0. The largest absolute Gasteiger partial charge is 0.367 e. The molecule has 2 N–H and O–H groups in total. The van der Waals surface area contributed by atoms with E-state index in [9.17, 15) is 13.6 Å². The van der Waals surface area contributed by atoms with Gasteiger partial charge in [-0.05, 0) is 17.2 Å². The number of piperazine rings is 1. The number of primary amides is 1. The van der Waals surface area contributed by atoms with Crippen molar-refractivity contribution in [3.05, 3.63) is 59.7 Å². The van der Waals surface area contributed by atoms with E-state index >= 15 is 0 Å². The molecule has 1 heterocycles. The third-order valence-corrected chi connectivity index (χ3v) is 4.91. The quantitative estimate of drug-likeness (QED) is 0.829. The van der Waals surface area contributed by atoms with Gasteiger partial charge in [-0.2, -0.15) is 0 Å². The Morgan fingerprint density at radius 2 is 1.89 bits per heavy atom. The number of allylic oxidation sites excluding steroid dienone is 2. The van der Waals surface area contributed by atoms with Crippen molar-refractivity contribution in [2.75, 3.05) is 39.3 Å². The summed E-state index contributed by atoms with van der Waals surface area (Å²) in [5, 5.41) is 0. The van der Waals surface area contributed by atoms with Crippen LogP contribution in [-0.4, -0.2) is 61.1 Å². The third-order valence-electron chi connectivity index (χ3n) is 4.91. The van der Waals surface area contributed by atoms with Crippen LogP contribution < -0.4 is 5.73 Å². The van der Waals surface area contributed by atoms with E-state index < -0.39 is 5.92 Å². The molecule has 2 aliphatic rings. The molecule has 1 unspecified atom stereocenters. The zero-order valence-electron chi connectivity index (χ0n) is 15.2. The molecule has 0 aromatic heterocycles. The molecular formula is C20H25F2N3O2. The van der Waals surface area contributed by atoms with Gasteiger partial charge in [-0.3, -0.25) is 4.90 Å². The molecule has 146 valence electrons. The second kappa shape index (κ2) is 8.63. The molecule has 1 aliphatic carbocycles. The van der Waals surface area contributed by atoms with Crippen LogP contribution >= 0.6 is 0 Å². The Labute approximate surface area is 158 Å². The van der Waals surface area contributed by atoms with Gasteiger partial charge in [-0.15, -0.1) is 0 Å². The lowest BCUT2D eigenvalue weighted by atomic mass is 9.95. The number of hydrogen-bond donors (Lipinski definition) is 1. The molecule has 1 saturated heterocycles. The number of amides is 2. The predicted molar refractivity (Wildman–Crippen MR) is 99.5 cm³/mol. The number of halogens is 2. The highest BCUT2D eigenvalue weighted by molar-refractivity contribution is 5.72. The number of nitrogens with zero attached hydrogens (tertiary/aromatic N) is 2. The Bertz CT molecular complexity index is 698. The van der Waals surface area contributed by atoms with Crippen LogP contribution in [0.3, 0.4) is 0 Å². The van der Waals surface area contributed by atoms with Gasteiger partial charge in [-0.1, -0.05) is 42.5 Å². The van der Waals surface area contributed by atoms with E-state index in [1.807, 2.05) is 30.3 Å². The lowest BCUT2D eigenvalue weighted by Crippen LogP contribution is -2.51. The fourth-order valence-electron chi connectivity index (χ4n) is 3.31. The van der Waals surface area contributed by atoms with Crippen molar-refractivity contribution < 1.29 is 18.3 Å². The summed E-state index contributed by atoms with van der Waals surface area (Å²) in [4.78, 5) is 15.0. The number of carbonyl (C=O) groups is 1. The van der Waals surface area contributed by atoms with Gasteiger partial charge in [0.2, 0.25) is 0 Å². The summed E-state index contributed by atoms with van der Waals surface area (Å²) in [7, 11) is 0. The van der Waals surface area contributed by atoms with Gasteiger partial charge in [0.05, 0.1) is 6.61 Å². The highest BCUT2D eigenvalue weighted by atomic mass is 19.3. The van der Waals surface area contributed by atoms with Gasteiger partial charge in [0.15, 0.2) is 0 Å². The minimum atomic E-state index is -2.79. The van der Waals surface area contributed by atoms with Crippen molar-refractivity contribution in [3.8, 4) is 0 Å². The molecule has 7 heteroatoms. The molecule has 0 spiro atoms. The van der Waals surface area contributed by atoms with E-state index in [0.717, 1.165) is 30.3 Å². The van der Waals surface area contributed by atoms with Crippen LogP contribution in [0.5, 0.6) is 0 Å². The summed E-state index contributed by atoms with van der Waals surface area (Å²) in [6.07, 6.45) is 3.30. The molecule has 27 heavy (non-hydrogen) atoms. The first-order valence-corrected chi connectivity index (χ1v) is 9.15. The van der Waals surface area contributed by atoms with Crippen LogP contribution in [0, 0.1) is 0 Å². The van der Waals surface area contributed by atoms with Crippen LogP contribution in [0.25, 0.3) is 0 Å². The number of alkyl halides is 2. The summed E-state index contributed by atoms with van der Waals surface area (Å²) in [5.41, 5.74) is 6.99. The number of nitrogens with two attached hydrogens (primary N) is 1. The number of carbonyl (C=O) groups excluding carboxylic acids is 1. The van der Waals surface area contributed by atoms with E-state index in [1.54, 1.807) is 11.0 Å². The fourth-order valence-corrected chi connectivity index (χ4v) is 3.31. The molecule has 2 amide bonds. The maximum Gasteiger partial charge on any atom is 0.314 e. The van der Waals surface area contributed by atoms with Gasteiger partial charge >= 0.3 is 6.03 Å². The van der Waals surface area contributed by atoms with Crippen LogP contribution in [-0.2, 0) is 4.74 Å².